The number of halogens is 1. The predicted molar refractivity (Wildman–Crippen MR) is 106 cm³/mol. The second-order valence-corrected chi connectivity index (χ2v) is 5.22. The number of benzene rings is 1. The normalized spacial score (nSPS) is 10.9. The molecule has 1 aromatic heterocycles. The van der Waals surface area contributed by atoms with Crippen molar-refractivity contribution in [2.75, 3.05) is 20.2 Å². The van der Waals surface area contributed by atoms with E-state index in [0.717, 1.165) is 22.7 Å². The van der Waals surface area contributed by atoms with Crippen molar-refractivity contribution in [3.63, 3.8) is 0 Å². The number of aromatic nitrogens is 3. The number of aryl methyl sites for hydroxylation is 3. The van der Waals surface area contributed by atoms with Gasteiger partial charge in [-0.2, -0.15) is 5.10 Å². The lowest BCUT2D eigenvalue weighted by Gasteiger charge is -2.14. The Bertz CT molecular complexity index is 650. The zero-order valence-electron chi connectivity index (χ0n) is 14.5. The first-order valence-electron chi connectivity index (χ1n) is 7.58. The zero-order valence-corrected chi connectivity index (χ0v) is 16.9. The van der Waals surface area contributed by atoms with Crippen molar-refractivity contribution in [3.05, 3.63) is 41.5 Å². The summed E-state index contributed by atoms with van der Waals surface area (Å²) in [4.78, 5) is 8.34. The van der Waals surface area contributed by atoms with Gasteiger partial charge in [-0.1, -0.05) is 18.2 Å². The molecule has 0 radical (unpaired) electrons. The van der Waals surface area contributed by atoms with Crippen molar-refractivity contribution in [1.29, 1.82) is 0 Å². The molecular weight excluding hydrogens is 419 g/mol. The van der Waals surface area contributed by atoms with Crippen LogP contribution in [0.2, 0.25) is 0 Å². The standard InChI is InChI=1S/C16H24N6O.HI/c1-12-6-5-7-13(2)15(12)23-9-8-18-16(17-3)19-10-14-20-11-21-22(14)4;/h5-7,11H,8-10H2,1-4H3,(H2,17,18,19);1H. The third-order valence-corrected chi connectivity index (χ3v) is 3.49. The van der Waals surface area contributed by atoms with Crippen LogP contribution in [-0.2, 0) is 13.6 Å². The van der Waals surface area contributed by atoms with E-state index in [1.807, 2.05) is 13.1 Å². The van der Waals surface area contributed by atoms with E-state index in [4.69, 9.17) is 4.74 Å². The number of hydrogen-bond acceptors (Lipinski definition) is 4. The number of guanidine groups is 1. The maximum atomic E-state index is 5.86. The molecule has 0 fully saturated rings. The van der Waals surface area contributed by atoms with Crippen LogP contribution in [0.1, 0.15) is 17.0 Å². The molecule has 0 saturated carbocycles. The lowest BCUT2D eigenvalue weighted by molar-refractivity contribution is 0.317. The molecule has 0 spiro atoms. The molecule has 0 bridgehead atoms. The summed E-state index contributed by atoms with van der Waals surface area (Å²) in [7, 11) is 3.59. The van der Waals surface area contributed by atoms with Gasteiger partial charge in [-0.25, -0.2) is 4.98 Å². The number of nitrogens with one attached hydrogen (secondary N) is 2. The highest BCUT2D eigenvalue weighted by molar-refractivity contribution is 14.0. The molecule has 2 rings (SSSR count). The summed E-state index contributed by atoms with van der Waals surface area (Å²) in [5.41, 5.74) is 2.30. The SMILES string of the molecule is CN=C(NCCOc1c(C)cccc1C)NCc1ncnn1C.I. The number of aliphatic imine (C=N–C) groups is 1. The van der Waals surface area contributed by atoms with Crippen LogP contribution in [0.5, 0.6) is 5.75 Å². The average Bonchev–Trinajstić information content (AvgIpc) is 2.94. The molecule has 0 unspecified atom stereocenters. The van der Waals surface area contributed by atoms with Gasteiger partial charge in [-0.3, -0.25) is 9.67 Å². The van der Waals surface area contributed by atoms with E-state index >= 15 is 0 Å². The number of ether oxygens (including phenoxy) is 1. The number of hydrogen-bond donors (Lipinski definition) is 2. The zero-order chi connectivity index (χ0) is 16.7. The van der Waals surface area contributed by atoms with Crippen LogP contribution >= 0.6 is 24.0 Å². The molecule has 0 aliphatic heterocycles. The molecule has 2 N–H and O–H groups in total. The van der Waals surface area contributed by atoms with Gasteiger partial charge in [0.25, 0.3) is 0 Å². The summed E-state index contributed by atoms with van der Waals surface area (Å²) < 4.78 is 7.59. The van der Waals surface area contributed by atoms with Crippen molar-refractivity contribution < 1.29 is 4.74 Å². The van der Waals surface area contributed by atoms with E-state index in [1.54, 1.807) is 11.7 Å². The van der Waals surface area contributed by atoms with Crippen molar-refractivity contribution in [2.45, 2.75) is 20.4 Å². The summed E-state index contributed by atoms with van der Waals surface area (Å²) >= 11 is 0. The van der Waals surface area contributed by atoms with Crippen LogP contribution < -0.4 is 15.4 Å². The Morgan fingerprint density at radius 1 is 1.25 bits per heavy atom. The molecule has 0 aliphatic carbocycles. The van der Waals surface area contributed by atoms with E-state index in [-0.39, 0.29) is 24.0 Å². The minimum absolute atomic E-state index is 0. The molecule has 0 aliphatic rings. The quantitative estimate of drug-likeness (QED) is 0.308. The molecule has 2 aromatic rings. The Hall–Kier alpha value is -1.84. The van der Waals surface area contributed by atoms with Crippen LogP contribution in [0.15, 0.2) is 29.5 Å². The Morgan fingerprint density at radius 3 is 2.54 bits per heavy atom. The second-order valence-electron chi connectivity index (χ2n) is 5.22. The van der Waals surface area contributed by atoms with E-state index in [1.165, 1.54) is 6.33 Å². The van der Waals surface area contributed by atoms with Crippen LogP contribution in [0.25, 0.3) is 0 Å². The monoisotopic (exact) mass is 444 g/mol. The lowest BCUT2D eigenvalue weighted by atomic mass is 10.1. The van der Waals surface area contributed by atoms with Gasteiger partial charge >= 0.3 is 0 Å². The summed E-state index contributed by atoms with van der Waals surface area (Å²) in [5, 5.41) is 10.4. The minimum Gasteiger partial charge on any atom is -0.491 e. The molecule has 0 saturated heterocycles. The Kier molecular flexibility index (Phi) is 8.51. The van der Waals surface area contributed by atoms with Gasteiger partial charge in [0.1, 0.15) is 24.5 Å². The Morgan fingerprint density at radius 2 is 1.96 bits per heavy atom. The number of para-hydroxylation sites is 1. The first-order valence-corrected chi connectivity index (χ1v) is 7.58. The van der Waals surface area contributed by atoms with Gasteiger partial charge in [0, 0.05) is 14.1 Å². The molecule has 0 amide bonds. The second kappa shape index (κ2) is 10.1. The molecule has 132 valence electrons. The van der Waals surface area contributed by atoms with Gasteiger partial charge in [0.2, 0.25) is 0 Å². The van der Waals surface area contributed by atoms with Gasteiger partial charge in [0.15, 0.2) is 5.96 Å². The maximum Gasteiger partial charge on any atom is 0.191 e. The first kappa shape index (κ1) is 20.2. The van der Waals surface area contributed by atoms with E-state index < -0.39 is 0 Å². The summed E-state index contributed by atoms with van der Waals surface area (Å²) in [6, 6.07) is 6.14. The van der Waals surface area contributed by atoms with Crippen LogP contribution in [-0.4, -0.2) is 40.9 Å². The highest BCUT2D eigenvalue weighted by atomic mass is 127. The van der Waals surface area contributed by atoms with E-state index in [2.05, 4.69) is 51.7 Å². The van der Waals surface area contributed by atoms with Crippen molar-refractivity contribution in [2.24, 2.45) is 12.0 Å². The van der Waals surface area contributed by atoms with Crippen LogP contribution in [0, 0.1) is 13.8 Å². The fourth-order valence-corrected chi connectivity index (χ4v) is 2.21. The highest BCUT2D eigenvalue weighted by Crippen LogP contribution is 2.21. The summed E-state index contributed by atoms with van der Waals surface area (Å²) in [6.07, 6.45) is 1.53. The van der Waals surface area contributed by atoms with Crippen molar-refractivity contribution in [3.8, 4) is 5.75 Å². The third kappa shape index (κ3) is 5.66. The summed E-state index contributed by atoms with van der Waals surface area (Å²) in [5.74, 6) is 2.51. The fraction of sp³-hybridized carbons (Fsp3) is 0.438. The van der Waals surface area contributed by atoms with Gasteiger partial charge in [-0.05, 0) is 25.0 Å². The van der Waals surface area contributed by atoms with Gasteiger partial charge in [-0.15, -0.1) is 24.0 Å². The van der Waals surface area contributed by atoms with Crippen LogP contribution in [0.4, 0.5) is 0 Å². The molecule has 1 heterocycles. The van der Waals surface area contributed by atoms with Crippen molar-refractivity contribution >= 4 is 29.9 Å². The molecular formula is C16H25IN6O. The average molecular weight is 444 g/mol. The molecule has 7 nitrogen and oxygen atoms in total. The minimum atomic E-state index is 0. The van der Waals surface area contributed by atoms with Gasteiger partial charge < -0.3 is 15.4 Å². The van der Waals surface area contributed by atoms with Gasteiger partial charge in [0.05, 0.1) is 13.1 Å². The third-order valence-electron chi connectivity index (χ3n) is 3.49. The van der Waals surface area contributed by atoms with E-state index in [0.29, 0.717) is 25.7 Å². The Balaban J connectivity index is 0.00000288. The highest BCUT2D eigenvalue weighted by Gasteiger charge is 2.04. The largest absolute Gasteiger partial charge is 0.491 e. The molecule has 24 heavy (non-hydrogen) atoms. The smallest absolute Gasteiger partial charge is 0.191 e. The molecule has 0 atom stereocenters. The molecule has 8 heteroatoms. The topological polar surface area (TPSA) is 76.4 Å². The van der Waals surface area contributed by atoms with Crippen molar-refractivity contribution in [1.82, 2.24) is 25.4 Å². The number of nitrogens with zero attached hydrogens (tertiary/aromatic N) is 4. The lowest BCUT2D eigenvalue weighted by Crippen LogP contribution is -2.39. The maximum absolute atomic E-state index is 5.86. The summed E-state index contributed by atoms with van der Waals surface area (Å²) in [6.45, 7) is 5.89. The van der Waals surface area contributed by atoms with Crippen LogP contribution in [0.3, 0.4) is 0 Å². The predicted octanol–water partition coefficient (Wildman–Crippen LogP) is 1.79. The first-order chi connectivity index (χ1) is 11.1. The van der Waals surface area contributed by atoms with E-state index in [9.17, 15) is 0 Å². The fourth-order valence-electron chi connectivity index (χ4n) is 2.21. The Labute approximate surface area is 159 Å². The molecule has 1 aromatic carbocycles. The number of rotatable bonds is 6.